The van der Waals surface area contributed by atoms with Crippen LogP contribution < -0.4 is 10.1 Å². The summed E-state index contributed by atoms with van der Waals surface area (Å²) in [5, 5.41) is 3.14. The Hall–Kier alpha value is -3.58. The van der Waals surface area contributed by atoms with Gasteiger partial charge in [-0.3, -0.25) is 4.98 Å². The number of halogens is 1. The molecule has 7 heteroatoms. The Morgan fingerprint density at radius 3 is 2.71 bits per heavy atom. The van der Waals surface area contributed by atoms with Crippen molar-refractivity contribution in [1.29, 1.82) is 0 Å². The molecule has 0 fully saturated rings. The van der Waals surface area contributed by atoms with Gasteiger partial charge in [0.2, 0.25) is 5.13 Å². The summed E-state index contributed by atoms with van der Waals surface area (Å²) in [5.74, 6) is 1.30. The molecule has 2 aromatic heterocycles. The number of hydrogen-bond acceptors (Lipinski definition) is 6. The summed E-state index contributed by atoms with van der Waals surface area (Å²) >= 11 is 0.916. The summed E-state index contributed by atoms with van der Waals surface area (Å²) in [4.78, 5) is 19.6. The van der Waals surface area contributed by atoms with Crippen LogP contribution in [0.3, 0.4) is 0 Å². The Kier molecular flexibility index (Phi) is 6.33. The number of nitrogens with one attached hydrogen (secondary N) is 1. The molecule has 4 rings (SSSR count). The van der Waals surface area contributed by atoms with Crippen LogP contribution in [-0.4, -0.2) is 16.3 Å². The molecule has 156 valence electrons. The molecule has 5 nitrogen and oxygen atoms in total. The number of pyridine rings is 1. The minimum absolute atomic E-state index is 0.199. The van der Waals surface area contributed by atoms with Crippen LogP contribution >= 0.6 is 11.3 Å². The summed E-state index contributed by atoms with van der Waals surface area (Å²) in [6.45, 7) is 2.10. The number of thiazole rings is 1. The van der Waals surface area contributed by atoms with Gasteiger partial charge in [-0.05, 0) is 54.4 Å². The second-order valence-electron chi connectivity index (χ2n) is 6.80. The van der Waals surface area contributed by atoms with E-state index in [4.69, 9.17) is 4.74 Å². The fourth-order valence-electron chi connectivity index (χ4n) is 3.09. The van der Waals surface area contributed by atoms with Crippen LogP contribution in [0.5, 0.6) is 11.5 Å². The quantitative estimate of drug-likeness (QED) is 0.336. The second kappa shape index (κ2) is 9.49. The van der Waals surface area contributed by atoms with Crippen molar-refractivity contribution in [2.24, 2.45) is 0 Å². The number of benzene rings is 2. The van der Waals surface area contributed by atoms with Crippen molar-refractivity contribution < 1.29 is 13.9 Å². The Balaban J connectivity index is 1.55. The molecule has 0 aliphatic rings. The van der Waals surface area contributed by atoms with E-state index in [1.54, 1.807) is 30.6 Å². The smallest absolute Gasteiger partial charge is 0.206 e. The van der Waals surface area contributed by atoms with Gasteiger partial charge in [0.05, 0.1) is 0 Å². The molecule has 0 aliphatic heterocycles. The summed E-state index contributed by atoms with van der Waals surface area (Å²) < 4.78 is 20.4. The molecule has 0 radical (unpaired) electrons. The van der Waals surface area contributed by atoms with Gasteiger partial charge in [-0.25, -0.2) is 4.98 Å². The summed E-state index contributed by atoms with van der Waals surface area (Å²) in [6, 6.07) is 16.8. The first-order chi connectivity index (χ1) is 15.2. The van der Waals surface area contributed by atoms with Gasteiger partial charge in [-0.1, -0.05) is 30.4 Å². The lowest BCUT2D eigenvalue weighted by molar-refractivity contribution is -0.107. The van der Waals surface area contributed by atoms with E-state index in [1.165, 1.54) is 5.56 Å². The van der Waals surface area contributed by atoms with E-state index in [1.807, 2.05) is 36.4 Å². The van der Waals surface area contributed by atoms with E-state index in [2.05, 4.69) is 22.2 Å². The summed E-state index contributed by atoms with van der Waals surface area (Å²) in [6.07, 6.45) is 5.18. The van der Waals surface area contributed by atoms with Crippen LogP contribution in [0.25, 0.3) is 11.3 Å². The lowest BCUT2D eigenvalue weighted by Crippen LogP contribution is -1.96. The largest absolute Gasteiger partial charge is 0.457 e. The molecule has 0 spiro atoms. The first-order valence-electron chi connectivity index (χ1n) is 9.83. The molecular formula is C24H20FN3O2S. The van der Waals surface area contributed by atoms with Crippen molar-refractivity contribution in [3.63, 3.8) is 0 Å². The minimum atomic E-state index is -0.390. The topological polar surface area (TPSA) is 64.1 Å². The normalized spacial score (nSPS) is 10.6. The lowest BCUT2D eigenvalue weighted by atomic mass is 10.1. The molecule has 0 bridgehead atoms. The van der Waals surface area contributed by atoms with Gasteiger partial charge in [0.1, 0.15) is 23.5 Å². The number of ether oxygens (including phenoxy) is 1. The van der Waals surface area contributed by atoms with Crippen molar-refractivity contribution in [3.8, 4) is 22.8 Å². The number of rotatable bonds is 8. The lowest BCUT2D eigenvalue weighted by Gasteiger charge is -2.12. The van der Waals surface area contributed by atoms with Crippen molar-refractivity contribution in [2.45, 2.75) is 19.8 Å². The Bertz CT molecular complexity index is 1180. The predicted molar refractivity (Wildman–Crippen MR) is 121 cm³/mol. The van der Waals surface area contributed by atoms with Gasteiger partial charge in [0.15, 0.2) is 5.13 Å². The molecule has 0 saturated carbocycles. The highest BCUT2D eigenvalue weighted by Gasteiger charge is 2.14. The highest BCUT2D eigenvalue weighted by molar-refractivity contribution is 7.14. The maximum Gasteiger partial charge on any atom is 0.206 e. The number of carbonyl (C=O) groups excluding carboxylic acids is 1. The van der Waals surface area contributed by atoms with Crippen molar-refractivity contribution >= 4 is 28.4 Å². The number of aryl methyl sites for hydroxylation is 1. The van der Waals surface area contributed by atoms with Crippen LogP contribution in [-0.2, 0) is 17.6 Å². The van der Waals surface area contributed by atoms with E-state index < -0.39 is 0 Å². The number of hydrogen-bond donors (Lipinski definition) is 1. The summed E-state index contributed by atoms with van der Waals surface area (Å²) in [5.41, 5.74) is 3.51. The number of aromatic nitrogens is 2. The third kappa shape index (κ3) is 4.95. The molecule has 0 aliphatic carbocycles. The van der Waals surface area contributed by atoms with Crippen LogP contribution in [0.15, 0.2) is 67.0 Å². The first-order valence-corrected chi connectivity index (χ1v) is 10.6. The molecule has 4 aromatic rings. The SMILES string of the molecule is CCc1ccc(Oc2ccc(Nc3nc(-c4cccnc4)c(F)s3)cc2CC=O)cc1. The number of anilines is 2. The Morgan fingerprint density at radius 1 is 1.16 bits per heavy atom. The van der Waals surface area contributed by atoms with Crippen molar-refractivity contribution in [2.75, 3.05) is 5.32 Å². The van der Waals surface area contributed by atoms with E-state index in [-0.39, 0.29) is 17.2 Å². The first kappa shape index (κ1) is 20.7. The van der Waals surface area contributed by atoms with Crippen molar-refractivity contribution in [3.05, 3.63) is 83.2 Å². The number of carbonyl (C=O) groups is 1. The fourth-order valence-corrected chi connectivity index (χ4v) is 3.82. The van der Waals surface area contributed by atoms with Gasteiger partial charge in [-0.15, -0.1) is 0 Å². The molecule has 2 aromatic carbocycles. The van der Waals surface area contributed by atoms with Crippen molar-refractivity contribution in [1.82, 2.24) is 9.97 Å². The third-order valence-corrected chi connectivity index (χ3v) is 5.45. The zero-order valence-electron chi connectivity index (χ0n) is 16.8. The third-order valence-electron chi connectivity index (χ3n) is 4.70. The Labute approximate surface area is 183 Å². The average Bonchev–Trinajstić information content (AvgIpc) is 3.16. The fraction of sp³-hybridized carbons (Fsp3) is 0.125. The molecule has 0 unspecified atom stereocenters. The predicted octanol–water partition coefficient (Wildman–Crippen LogP) is 6.18. The minimum Gasteiger partial charge on any atom is -0.457 e. The maximum absolute atomic E-state index is 14.4. The second-order valence-corrected chi connectivity index (χ2v) is 7.75. The molecule has 0 atom stereocenters. The number of nitrogens with zero attached hydrogens (tertiary/aromatic N) is 2. The number of aldehydes is 1. The monoisotopic (exact) mass is 433 g/mol. The molecule has 2 heterocycles. The molecule has 0 saturated heterocycles. The van der Waals surface area contributed by atoms with E-state index in [9.17, 15) is 9.18 Å². The van der Waals surface area contributed by atoms with Crippen LogP contribution in [0.1, 0.15) is 18.1 Å². The maximum atomic E-state index is 14.4. The highest BCUT2D eigenvalue weighted by Crippen LogP contribution is 2.33. The van der Waals surface area contributed by atoms with Gasteiger partial charge in [0, 0.05) is 35.6 Å². The zero-order chi connectivity index (χ0) is 21.6. The van der Waals surface area contributed by atoms with Gasteiger partial charge in [0.25, 0.3) is 0 Å². The summed E-state index contributed by atoms with van der Waals surface area (Å²) in [7, 11) is 0. The van der Waals surface area contributed by atoms with E-state index >= 15 is 0 Å². The molecule has 31 heavy (non-hydrogen) atoms. The van der Waals surface area contributed by atoms with Gasteiger partial charge >= 0.3 is 0 Å². The standard InChI is InChI=1S/C24H20FN3O2S/c1-2-16-5-8-20(9-6-16)30-21-10-7-19(14-17(21)11-13-29)27-24-28-22(23(25)31-24)18-4-3-12-26-15-18/h3-10,12-15H,2,11H2,1H3,(H,27,28). The molecule has 0 amide bonds. The van der Waals surface area contributed by atoms with Gasteiger partial charge in [-0.2, -0.15) is 4.39 Å². The highest BCUT2D eigenvalue weighted by atomic mass is 32.1. The van der Waals surface area contributed by atoms with Crippen LogP contribution in [0.2, 0.25) is 0 Å². The zero-order valence-corrected chi connectivity index (χ0v) is 17.7. The Morgan fingerprint density at radius 2 is 2.00 bits per heavy atom. The van der Waals surface area contributed by atoms with Crippen LogP contribution in [0.4, 0.5) is 15.2 Å². The van der Waals surface area contributed by atoms with Crippen LogP contribution in [0, 0.1) is 5.13 Å². The molecular weight excluding hydrogens is 413 g/mol. The average molecular weight is 434 g/mol. The van der Waals surface area contributed by atoms with Gasteiger partial charge < -0.3 is 14.8 Å². The molecule has 1 N–H and O–H groups in total. The van der Waals surface area contributed by atoms with E-state index in [0.29, 0.717) is 27.9 Å². The van der Waals surface area contributed by atoms with E-state index in [0.717, 1.165) is 29.6 Å².